The molecule has 0 fully saturated rings. The summed E-state index contributed by atoms with van der Waals surface area (Å²) < 4.78 is 28.2. The minimum atomic E-state index is -1.28. The zero-order chi connectivity index (χ0) is 13.1. The standard InChI is InChI=1S/C12H13F2N3O/c1-2-6-17-10(7-15-16-17)12(18)8-4-3-5-9(13)11(8)14/h3-5,7,12,18H,2,6H2,1H3. The number of hydrogen-bond donors (Lipinski definition) is 1. The number of aryl methyl sites for hydroxylation is 1. The summed E-state index contributed by atoms with van der Waals surface area (Å²) in [5, 5.41) is 17.6. The molecule has 0 spiro atoms. The van der Waals surface area contributed by atoms with Crippen molar-refractivity contribution in [1.29, 1.82) is 0 Å². The molecule has 96 valence electrons. The van der Waals surface area contributed by atoms with Gasteiger partial charge in [0.25, 0.3) is 0 Å². The largest absolute Gasteiger partial charge is 0.382 e. The highest BCUT2D eigenvalue weighted by Gasteiger charge is 2.21. The molecule has 0 saturated heterocycles. The molecule has 0 radical (unpaired) electrons. The Morgan fingerprint density at radius 2 is 2.17 bits per heavy atom. The number of nitrogens with zero attached hydrogens (tertiary/aromatic N) is 3. The lowest BCUT2D eigenvalue weighted by atomic mass is 10.1. The van der Waals surface area contributed by atoms with E-state index in [0.29, 0.717) is 12.2 Å². The third kappa shape index (κ3) is 2.24. The van der Waals surface area contributed by atoms with E-state index in [1.807, 2.05) is 6.92 Å². The number of halogens is 2. The van der Waals surface area contributed by atoms with Crippen LogP contribution >= 0.6 is 0 Å². The lowest BCUT2D eigenvalue weighted by molar-refractivity contribution is 0.201. The molecule has 4 nitrogen and oxygen atoms in total. The van der Waals surface area contributed by atoms with Crippen molar-refractivity contribution in [2.45, 2.75) is 26.0 Å². The fourth-order valence-electron chi connectivity index (χ4n) is 1.75. The second-order valence-corrected chi connectivity index (χ2v) is 3.93. The molecule has 0 amide bonds. The van der Waals surface area contributed by atoms with Gasteiger partial charge in [0, 0.05) is 12.1 Å². The molecule has 0 saturated carbocycles. The normalized spacial score (nSPS) is 12.7. The molecule has 1 N–H and O–H groups in total. The average molecular weight is 253 g/mol. The Kier molecular flexibility index (Phi) is 3.66. The molecular weight excluding hydrogens is 240 g/mol. The first kappa shape index (κ1) is 12.6. The van der Waals surface area contributed by atoms with E-state index in [0.717, 1.165) is 12.5 Å². The molecule has 0 aliphatic carbocycles. The molecule has 1 aromatic heterocycles. The molecule has 1 aromatic carbocycles. The summed E-state index contributed by atoms with van der Waals surface area (Å²) in [5.41, 5.74) is 0.232. The third-order valence-corrected chi connectivity index (χ3v) is 2.64. The highest BCUT2D eigenvalue weighted by molar-refractivity contribution is 5.26. The summed E-state index contributed by atoms with van der Waals surface area (Å²) in [6, 6.07) is 3.70. The van der Waals surface area contributed by atoms with Crippen molar-refractivity contribution >= 4 is 0 Å². The van der Waals surface area contributed by atoms with Gasteiger partial charge in [-0.2, -0.15) is 0 Å². The summed E-state index contributed by atoms with van der Waals surface area (Å²) in [7, 11) is 0. The third-order valence-electron chi connectivity index (χ3n) is 2.64. The first-order valence-corrected chi connectivity index (χ1v) is 5.65. The van der Waals surface area contributed by atoms with Crippen molar-refractivity contribution in [1.82, 2.24) is 15.0 Å². The molecular formula is C12H13F2N3O. The predicted molar refractivity (Wildman–Crippen MR) is 60.7 cm³/mol. The van der Waals surface area contributed by atoms with Crippen LogP contribution in [0.3, 0.4) is 0 Å². The van der Waals surface area contributed by atoms with E-state index in [2.05, 4.69) is 10.3 Å². The SMILES string of the molecule is CCCn1nncc1C(O)c1cccc(F)c1F. The van der Waals surface area contributed by atoms with Gasteiger partial charge in [-0.3, -0.25) is 0 Å². The number of aliphatic hydroxyl groups is 1. The minimum absolute atomic E-state index is 0.116. The smallest absolute Gasteiger partial charge is 0.165 e. The van der Waals surface area contributed by atoms with Crippen LogP contribution in [0.15, 0.2) is 24.4 Å². The average Bonchev–Trinajstić information content (AvgIpc) is 2.80. The van der Waals surface area contributed by atoms with Crippen LogP contribution in [0.5, 0.6) is 0 Å². The molecule has 18 heavy (non-hydrogen) atoms. The molecule has 1 heterocycles. The summed E-state index contributed by atoms with van der Waals surface area (Å²) in [6.07, 6.45) is 0.876. The number of benzene rings is 1. The molecule has 0 aliphatic heterocycles. The summed E-state index contributed by atoms with van der Waals surface area (Å²) in [5.74, 6) is -2.03. The van der Waals surface area contributed by atoms with Crippen molar-refractivity contribution in [2.24, 2.45) is 0 Å². The summed E-state index contributed by atoms with van der Waals surface area (Å²) in [6.45, 7) is 2.50. The van der Waals surface area contributed by atoms with Crippen molar-refractivity contribution < 1.29 is 13.9 Å². The molecule has 0 bridgehead atoms. The van der Waals surface area contributed by atoms with E-state index in [1.165, 1.54) is 23.0 Å². The fourth-order valence-corrected chi connectivity index (χ4v) is 1.75. The van der Waals surface area contributed by atoms with E-state index < -0.39 is 17.7 Å². The molecule has 1 unspecified atom stereocenters. The minimum Gasteiger partial charge on any atom is -0.382 e. The van der Waals surface area contributed by atoms with Crippen molar-refractivity contribution in [3.05, 3.63) is 47.3 Å². The monoisotopic (exact) mass is 253 g/mol. The Labute approximate surface area is 103 Å². The van der Waals surface area contributed by atoms with Gasteiger partial charge in [-0.05, 0) is 12.5 Å². The lowest BCUT2D eigenvalue weighted by Gasteiger charge is -2.13. The first-order valence-electron chi connectivity index (χ1n) is 5.65. The number of aliphatic hydroxyl groups excluding tert-OH is 1. The maximum Gasteiger partial charge on any atom is 0.165 e. The highest BCUT2D eigenvalue weighted by Crippen LogP contribution is 2.24. The Hall–Kier alpha value is -1.82. The van der Waals surface area contributed by atoms with Crippen LogP contribution in [0.4, 0.5) is 8.78 Å². The summed E-state index contributed by atoms with van der Waals surface area (Å²) >= 11 is 0. The van der Waals surface area contributed by atoms with Crippen LogP contribution in [0.25, 0.3) is 0 Å². The van der Waals surface area contributed by atoms with Crippen molar-refractivity contribution in [2.75, 3.05) is 0 Å². The van der Waals surface area contributed by atoms with E-state index in [9.17, 15) is 13.9 Å². The van der Waals surface area contributed by atoms with Gasteiger partial charge in [-0.25, -0.2) is 13.5 Å². The second-order valence-electron chi connectivity index (χ2n) is 3.93. The van der Waals surface area contributed by atoms with Crippen LogP contribution in [-0.4, -0.2) is 20.1 Å². The zero-order valence-electron chi connectivity index (χ0n) is 9.85. The van der Waals surface area contributed by atoms with E-state index in [1.54, 1.807) is 0 Å². The van der Waals surface area contributed by atoms with Gasteiger partial charge in [0.15, 0.2) is 11.6 Å². The molecule has 2 rings (SSSR count). The van der Waals surface area contributed by atoms with Crippen LogP contribution in [0, 0.1) is 11.6 Å². The number of aromatic nitrogens is 3. The van der Waals surface area contributed by atoms with Gasteiger partial charge in [-0.15, -0.1) is 5.10 Å². The highest BCUT2D eigenvalue weighted by atomic mass is 19.2. The van der Waals surface area contributed by atoms with Crippen molar-refractivity contribution in [3.63, 3.8) is 0 Å². The predicted octanol–water partition coefficient (Wildman–Crippen LogP) is 2.05. The Morgan fingerprint density at radius 3 is 2.89 bits per heavy atom. The number of rotatable bonds is 4. The second kappa shape index (κ2) is 5.22. The van der Waals surface area contributed by atoms with Crippen LogP contribution < -0.4 is 0 Å². The Balaban J connectivity index is 2.38. The molecule has 0 aliphatic rings. The Bertz CT molecular complexity index is 542. The van der Waals surface area contributed by atoms with Crippen LogP contribution in [-0.2, 0) is 6.54 Å². The van der Waals surface area contributed by atoms with Gasteiger partial charge in [-0.1, -0.05) is 24.3 Å². The fraction of sp³-hybridized carbons (Fsp3) is 0.333. The van der Waals surface area contributed by atoms with Gasteiger partial charge < -0.3 is 5.11 Å². The maximum absolute atomic E-state index is 13.6. The number of hydrogen-bond acceptors (Lipinski definition) is 3. The van der Waals surface area contributed by atoms with E-state index in [4.69, 9.17) is 0 Å². The Morgan fingerprint density at radius 1 is 1.39 bits per heavy atom. The van der Waals surface area contributed by atoms with E-state index >= 15 is 0 Å². The molecule has 2 aromatic rings. The van der Waals surface area contributed by atoms with Gasteiger partial charge in [0.2, 0.25) is 0 Å². The zero-order valence-corrected chi connectivity index (χ0v) is 9.85. The van der Waals surface area contributed by atoms with Crippen molar-refractivity contribution in [3.8, 4) is 0 Å². The maximum atomic E-state index is 13.6. The van der Waals surface area contributed by atoms with Crippen LogP contribution in [0.2, 0.25) is 0 Å². The first-order chi connectivity index (χ1) is 8.65. The van der Waals surface area contributed by atoms with Gasteiger partial charge >= 0.3 is 0 Å². The van der Waals surface area contributed by atoms with E-state index in [-0.39, 0.29) is 5.56 Å². The van der Waals surface area contributed by atoms with Gasteiger partial charge in [0.1, 0.15) is 6.10 Å². The quantitative estimate of drug-likeness (QED) is 0.907. The lowest BCUT2D eigenvalue weighted by Crippen LogP contribution is -2.11. The topological polar surface area (TPSA) is 50.9 Å². The van der Waals surface area contributed by atoms with Gasteiger partial charge in [0.05, 0.1) is 11.9 Å². The van der Waals surface area contributed by atoms with Crippen LogP contribution in [0.1, 0.15) is 30.7 Å². The molecule has 6 heteroatoms. The molecule has 1 atom stereocenters. The summed E-state index contributed by atoms with van der Waals surface area (Å²) in [4.78, 5) is 0.